The normalized spacial score (nSPS) is 14.4. The molecule has 5 heteroatoms. The molecule has 0 amide bonds. The van der Waals surface area contributed by atoms with Gasteiger partial charge in [0, 0.05) is 48.9 Å². The first-order chi connectivity index (χ1) is 13.9. The third kappa shape index (κ3) is 3.32. The van der Waals surface area contributed by atoms with E-state index in [0.29, 0.717) is 0 Å². The smallest absolute Gasteiger partial charge is 0.226 e. The monoisotopic (exact) mass is 367 g/mol. The van der Waals surface area contributed by atoms with E-state index in [1.54, 1.807) is 0 Å². The van der Waals surface area contributed by atoms with Crippen molar-refractivity contribution in [3.8, 4) is 22.5 Å². The summed E-state index contributed by atoms with van der Waals surface area (Å²) < 4.78 is 0. The summed E-state index contributed by atoms with van der Waals surface area (Å²) in [5.41, 5.74) is 4.93. The molecule has 1 fully saturated rings. The number of anilines is 1. The number of benzene rings is 2. The maximum Gasteiger partial charge on any atom is 0.226 e. The van der Waals surface area contributed by atoms with Gasteiger partial charge in [-0.2, -0.15) is 0 Å². The van der Waals surface area contributed by atoms with Crippen LogP contribution in [0.3, 0.4) is 0 Å². The number of nitrogens with one attached hydrogen (secondary N) is 1. The number of rotatable bonds is 3. The van der Waals surface area contributed by atoms with Gasteiger partial charge in [-0.15, -0.1) is 0 Å². The predicted molar refractivity (Wildman–Crippen MR) is 113 cm³/mol. The summed E-state index contributed by atoms with van der Waals surface area (Å²) in [4.78, 5) is 16.7. The molecule has 5 rings (SSSR count). The number of piperazine rings is 1. The second-order valence-corrected chi connectivity index (χ2v) is 6.96. The van der Waals surface area contributed by atoms with Gasteiger partial charge in [0.15, 0.2) is 0 Å². The van der Waals surface area contributed by atoms with Gasteiger partial charge in [0.1, 0.15) is 0 Å². The first-order valence-electron chi connectivity index (χ1n) is 9.62. The highest BCUT2D eigenvalue weighted by Gasteiger charge is 2.16. The van der Waals surface area contributed by atoms with Crippen molar-refractivity contribution in [3.63, 3.8) is 0 Å². The van der Waals surface area contributed by atoms with E-state index < -0.39 is 0 Å². The summed E-state index contributed by atoms with van der Waals surface area (Å²) in [5, 5.41) is 4.50. The van der Waals surface area contributed by atoms with Crippen molar-refractivity contribution in [3.05, 3.63) is 72.9 Å². The fraction of sp³-hybridized carbons (Fsp3) is 0.174. The molecule has 1 saturated heterocycles. The minimum Gasteiger partial charge on any atom is -0.338 e. The molecule has 0 aliphatic carbocycles. The van der Waals surface area contributed by atoms with Gasteiger partial charge in [0.05, 0.1) is 16.9 Å². The lowest BCUT2D eigenvalue weighted by atomic mass is 10.1. The van der Waals surface area contributed by atoms with Crippen LogP contribution in [0.5, 0.6) is 0 Å². The average Bonchev–Trinajstić information content (AvgIpc) is 2.79. The molecule has 1 aliphatic heterocycles. The van der Waals surface area contributed by atoms with Crippen LogP contribution < -0.4 is 10.2 Å². The van der Waals surface area contributed by atoms with Gasteiger partial charge in [0.25, 0.3) is 0 Å². The maximum atomic E-state index is 4.91. The van der Waals surface area contributed by atoms with Gasteiger partial charge >= 0.3 is 0 Å². The molecule has 5 nitrogen and oxygen atoms in total. The zero-order chi connectivity index (χ0) is 18.8. The molecular formula is C23H21N5. The number of aromatic nitrogens is 3. The summed E-state index contributed by atoms with van der Waals surface area (Å²) in [6, 6.07) is 22.7. The Hall–Kier alpha value is -3.31. The Morgan fingerprint density at radius 2 is 1.46 bits per heavy atom. The fourth-order valence-electron chi connectivity index (χ4n) is 3.56. The quantitative estimate of drug-likeness (QED) is 0.597. The highest BCUT2D eigenvalue weighted by Crippen LogP contribution is 2.27. The van der Waals surface area contributed by atoms with Crippen LogP contribution in [0.1, 0.15) is 0 Å². The lowest BCUT2D eigenvalue weighted by molar-refractivity contribution is 0.580. The standard InChI is InChI=1S/C23H21N5/c1-2-6-17(7-3-1)21-15-22(27-23(26-21)28-12-10-24-11-13-28)19-14-18-8-4-5-9-20(18)25-16-19/h1-9,14-16,24H,10-13H2. The molecule has 28 heavy (non-hydrogen) atoms. The Bertz CT molecular complexity index is 1100. The van der Waals surface area contributed by atoms with Crippen molar-refractivity contribution in [2.45, 2.75) is 0 Å². The van der Waals surface area contributed by atoms with Gasteiger partial charge in [0.2, 0.25) is 5.95 Å². The number of pyridine rings is 1. The Kier molecular flexibility index (Phi) is 4.43. The molecule has 0 radical (unpaired) electrons. The van der Waals surface area contributed by atoms with E-state index in [4.69, 9.17) is 9.97 Å². The van der Waals surface area contributed by atoms with Gasteiger partial charge in [-0.05, 0) is 18.2 Å². The van der Waals surface area contributed by atoms with Crippen LogP contribution >= 0.6 is 0 Å². The summed E-state index contributed by atoms with van der Waals surface area (Å²) in [6.07, 6.45) is 1.90. The van der Waals surface area contributed by atoms with Crippen molar-refractivity contribution in [2.75, 3.05) is 31.1 Å². The molecule has 0 bridgehead atoms. The molecule has 0 atom stereocenters. The molecule has 4 aromatic rings. The molecule has 1 aliphatic rings. The molecule has 0 spiro atoms. The Balaban J connectivity index is 1.64. The van der Waals surface area contributed by atoms with Crippen molar-refractivity contribution < 1.29 is 0 Å². The predicted octanol–water partition coefficient (Wildman–Crippen LogP) is 3.77. The van der Waals surface area contributed by atoms with E-state index in [2.05, 4.69) is 45.5 Å². The fourth-order valence-corrected chi connectivity index (χ4v) is 3.56. The van der Waals surface area contributed by atoms with Crippen LogP contribution in [0.15, 0.2) is 72.9 Å². The van der Waals surface area contributed by atoms with Crippen LogP contribution in [-0.2, 0) is 0 Å². The molecule has 1 N–H and O–H groups in total. The highest BCUT2D eigenvalue weighted by atomic mass is 15.3. The Morgan fingerprint density at radius 3 is 2.29 bits per heavy atom. The van der Waals surface area contributed by atoms with Gasteiger partial charge in [-0.3, -0.25) is 4.98 Å². The van der Waals surface area contributed by atoms with Gasteiger partial charge in [-0.25, -0.2) is 9.97 Å². The average molecular weight is 367 g/mol. The number of hydrogen-bond donors (Lipinski definition) is 1. The Morgan fingerprint density at radius 1 is 0.750 bits per heavy atom. The minimum absolute atomic E-state index is 0.783. The topological polar surface area (TPSA) is 53.9 Å². The SMILES string of the molecule is c1ccc(-c2cc(-c3cnc4ccccc4c3)nc(N3CCNCC3)n2)cc1. The van der Waals surface area contributed by atoms with Crippen molar-refractivity contribution in [1.29, 1.82) is 0 Å². The van der Waals surface area contributed by atoms with Crippen LogP contribution in [0.25, 0.3) is 33.4 Å². The lowest BCUT2D eigenvalue weighted by Crippen LogP contribution is -2.44. The van der Waals surface area contributed by atoms with E-state index in [-0.39, 0.29) is 0 Å². The van der Waals surface area contributed by atoms with E-state index in [1.165, 1.54) is 0 Å². The van der Waals surface area contributed by atoms with Gasteiger partial charge < -0.3 is 10.2 Å². The summed E-state index contributed by atoms with van der Waals surface area (Å²) in [5.74, 6) is 0.783. The summed E-state index contributed by atoms with van der Waals surface area (Å²) in [6.45, 7) is 3.72. The molecular weight excluding hydrogens is 346 g/mol. The first kappa shape index (κ1) is 16.8. The van der Waals surface area contributed by atoms with Crippen LogP contribution in [0, 0.1) is 0 Å². The van der Waals surface area contributed by atoms with Crippen molar-refractivity contribution >= 4 is 16.9 Å². The van der Waals surface area contributed by atoms with Crippen molar-refractivity contribution in [2.24, 2.45) is 0 Å². The number of fused-ring (bicyclic) bond motifs is 1. The highest BCUT2D eigenvalue weighted by molar-refractivity contribution is 5.83. The molecule has 2 aromatic carbocycles. The van der Waals surface area contributed by atoms with E-state index in [0.717, 1.165) is 65.5 Å². The second-order valence-electron chi connectivity index (χ2n) is 6.96. The van der Waals surface area contributed by atoms with Crippen LogP contribution in [-0.4, -0.2) is 41.1 Å². The lowest BCUT2D eigenvalue weighted by Gasteiger charge is -2.28. The number of para-hydroxylation sites is 1. The number of hydrogen-bond acceptors (Lipinski definition) is 5. The molecule has 2 aromatic heterocycles. The van der Waals surface area contributed by atoms with E-state index in [9.17, 15) is 0 Å². The Labute approximate surface area is 164 Å². The third-order valence-electron chi connectivity index (χ3n) is 5.07. The zero-order valence-corrected chi connectivity index (χ0v) is 15.5. The zero-order valence-electron chi connectivity index (χ0n) is 15.5. The third-order valence-corrected chi connectivity index (χ3v) is 5.07. The molecule has 138 valence electrons. The largest absolute Gasteiger partial charge is 0.338 e. The first-order valence-corrected chi connectivity index (χ1v) is 9.62. The molecule has 0 unspecified atom stereocenters. The summed E-state index contributed by atoms with van der Waals surface area (Å²) >= 11 is 0. The second kappa shape index (κ2) is 7.37. The van der Waals surface area contributed by atoms with E-state index in [1.807, 2.05) is 42.6 Å². The molecule has 3 heterocycles. The van der Waals surface area contributed by atoms with Crippen LogP contribution in [0.2, 0.25) is 0 Å². The molecule has 0 saturated carbocycles. The van der Waals surface area contributed by atoms with E-state index >= 15 is 0 Å². The maximum absolute atomic E-state index is 4.91. The minimum atomic E-state index is 0.783. The summed E-state index contributed by atoms with van der Waals surface area (Å²) in [7, 11) is 0. The van der Waals surface area contributed by atoms with Gasteiger partial charge in [-0.1, -0.05) is 48.5 Å². The van der Waals surface area contributed by atoms with Crippen molar-refractivity contribution in [1.82, 2.24) is 20.3 Å². The number of nitrogens with zero attached hydrogens (tertiary/aromatic N) is 4. The van der Waals surface area contributed by atoms with Crippen LogP contribution in [0.4, 0.5) is 5.95 Å².